The molecular weight excluding hydrogens is 381 g/mol. The molecule has 0 radical (unpaired) electrons. The fourth-order valence-electron chi connectivity index (χ4n) is 3.09. The van der Waals surface area contributed by atoms with Crippen molar-refractivity contribution in [3.8, 4) is 0 Å². The Kier molecular flexibility index (Phi) is 5.41. The van der Waals surface area contributed by atoms with Crippen LogP contribution in [-0.4, -0.2) is 44.5 Å². The number of primary sulfonamides is 1. The molecule has 2 heterocycles. The fourth-order valence-corrected chi connectivity index (χ4v) is 3.63. The molecule has 1 aliphatic rings. The SMILES string of the molecule is NS(=O)(=O)c1ccc(N2CCN(Cc3cccnc3)CC2)c(C(F)(F)F)c1. The van der Waals surface area contributed by atoms with E-state index in [4.69, 9.17) is 5.14 Å². The van der Waals surface area contributed by atoms with Gasteiger partial charge in [-0.3, -0.25) is 9.88 Å². The molecule has 146 valence electrons. The van der Waals surface area contributed by atoms with Gasteiger partial charge in [0.1, 0.15) is 0 Å². The van der Waals surface area contributed by atoms with E-state index in [0.29, 0.717) is 38.8 Å². The van der Waals surface area contributed by atoms with Gasteiger partial charge < -0.3 is 4.90 Å². The second-order valence-electron chi connectivity index (χ2n) is 6.35. The van der Waals surface area contributed by atoms with Gasteiger partial charge in [0.25, 0.3) is 0 Å². The van der Waals surface area contributed by atoms with E-state index in [2.05, 4.69) is 9.88 Å². The van der Waals surface area contributed by atoms with E-state index in [1.165, 1.54) is 6.07 Å². The second kappa shape index (κ2) is 7.45. The molecule has 10 heteroatoms. The second-order valence-corrected chi connectivity index (χ2v) is 7.91. The number of alkyl halides is 3. The Morgan fingerprint density at radius 3 is 2.37 bits per heavy atom. The van der Waals surface area contributed by atoms with Crippen molar-refractivity contribution in [2.45, 2.75) is 17.6 Å². The zero-order valence-corrected chi connectivity index (χ0v) is 15.2. The molecular formula is C17H19F3N4O2S. The predicted molar refractivity (Wildman–Crippen MR) is 94.5 cm³/mol. The first-order valence-electron chi connectivity index (χ1n) is 8.25. The van der Waals surface area contributed by atoms with Crippen LogP contribution in [0.5, 0.6) is 0 Å². The maximum absolute atomic E-state index is 13.5. The first kappa shape index (κ1) is 19.6. The Labute approximate surface area is 155 Å². The molecule has 1 aromatic carbocycles. The number of halogens is 3. The van der Waals surface area contributed by atoms with Gasteiger partial charge in [0.15, 0.2) is 0 Å². The lowest BCUT2D eigenvalue weighted by molar-refractivity contribution is -0.137. The van der Waals surface area contributed by atoms with E-state index in [1.807, 2.05) is 12.1 Å². The molecule has 1 fully saturated rings. The van der Waals surface area contributed by atoms with Crippen LogP contribution in [0.4, 0.5) is 18.9 Å². The lowest BCUT2D eigenvalue weighted by Gasteiger charge is -2.37. The number of anilines is 1. The van der Waals surface area contributed by atoms with E-state index >= 15 is 0 Å². The van der Waals surface area contributed by atoms with Crippen molar-refractivity contribution in [1.29, 1.82) is 0 Å². The Balaban J connectivity index is 1.77. The van der Waals surface area contributed by atoms with Crippen LogP contribution in [0.1, 0.15) is 11.1 Å². The number of nitrogens with two attached hydrogens (primary N) is 1. The zero-order valence-electron chi connectivity index (χ0n) is 14.4. The van der Waals surface area contributed by atoms with E-state index in [0.717, 1.165) is 11.6 Å². The number of hydrogen-bond acceptors (Lipinski definition) is 5. The molecule has 1 aromatic heterocycles. The van der Waals surface area contributed by atoms with Crippen molar-refractivity contribution in [3.63, 3.8) is 0 Å². The minimum absolute atomic E-state index is 0.0315. The van der Waals surface area contributed by atoms with E-state index < -0.39 is 26.7 Å². The van der Waals surface area contributed by atoms with Gasteiger partial charge in [-0.05, 0) is 29.8 Å². The molecule has 2 aromatic rings. The number of hydrogen-bond donors (Lipinski definition) is 1. The maximum Gasteiger partial charge on any atom is 0.418 e. The van der Waals surface area contributed by atoms with Crippen molar-refractivity contribution in [3.05, 3.63) is 53.9 Å². The van der Waals surface area contributed by atoms with Gasteiger partial charge in [-0.2, -0.15) is 13.2 Å². The first-order valence-corrected chi connectivity index (χ1v) is 9.79. The maximum atomic E-state index is 13.5. The highest BCUT2D eigenvalue weighted by atomic mass is 32.2. The topological polar surface area (TPSA) is 79.5 Å². The van der Waals surface area contributed by atoms with Crippen LogP contribution >= 0.6 is 0 Å². The summed E-state index contributed by atoms with van der Waals surface area (Å²) >= 11 is 0. The smallest absolute Gasteiger partial charge is 0.368 e. The molecule has 0 bridgehead atoms. The summed E-state index contributed by atoms with van der Waals surface area (Å²) in [5.74, 6) is 0. The van der Waals surface area contributed by atoms with Crippen molar-refractivity contribution in [2.75, 3.05) is 31.1 Å². The van der Waals surface area contributed by atoms with Gasteiger partial charge in [-0.1, -0.05) is 6.07 Å². The Hall–Kier alpha value is -2.17. The molecule has 1 saturated heterocycles. The number of nitrogens with zero attached hydrogens (tertiary/aromatic N) is 3. The fraction of sp³-hybridized carbons (Fsp3) is 0.353. The summed E-state index contributed by atoms with van der Waals surface area (Å²) in [7, 11) is -4.21. The molecule has 6 nitrogen and oxygen atoms in total. The van der Waals surface area contributed by atoms with Gasteiger partial charge in [-0.15, -0.1) is 0 Å². The first-order chi connectivity index (χ1) is 12.6. The third-order valence-corrected chi connectivity index (χ3v) is 5.35. The van der Waals surface area contributed by atoms with E-state index in [1.54, 1.807) is 17.3 Å². The van der Waals surface area contributed by atoms with Gasteiger partial charge >= 0.3 is 6.18 Å². The normalized spacial score (nSPS) is 16.5. The largest absolute Gasteiger partial charge is 0.418 e. The van der Waals surface area contributed by atoms with Gasteiger partial charge in [-0.25, -0.2) is 13.6 Å². The monoisotopic (exact) mass is 400 g/mol. The Morgan fingerprint density at radius 1 is 1.11 bits per heavy atom. The van der Waals surface area contributed by atoms with Crippen LogP contribution in [0.3, 0.4) is 0 Å². The average molecular weight is 400 g/mol. The highest BCUT2D eigenvalue weighted by molar-refractivity contribution is 7.89. The summed E-state index contributed by atoms with van der Waals surface area (Å²) in [5, 5.41) is 4.97. The van der Waals surface area contributed by atoms with Crippen molar-refractivity contribution < 1.29 is 21.6 Å². The van der Waals surface area contributed by atoms with Crippen molar-refractivity contribution in [2.24, 2.45) is 5.14 Å². The van der Waals surface area contributed by atoms with Crippen molar-refractivity contribution in [1.82, 2.24) is 9.88 Å². The van der Waals surface area contributed by atoms with Crippen LogP contribution < -0.4 is 10.0 Å². The summed E-state index contributed by atoms with van der Waals surface area (Å²) in [6.45, 7) is 2.65. The number of sulfonamides is 1. The summed E-state index contributed by atoms with van der Waals surface area (Å²) in [6, 6.07) is 6.69. The number of benzene rings is 1. The summed E-state index contributed by atoms with van der Waals surface area (Å²) in [5.41, 5.74) is 0.0186. The third-order valence-electron chi connectivity index (χ3n) is 4.44. The van der Waals surface area contributed by atoms with Gasteiger partial charge in [0.05, 0.1) is 10.5 Å². The molecule has 0 atom stereocenters. The number of piperazine rings is 1. The van der Waals surface area contributed by atoms with Crippen LogP contribution in [-0.2, 0) is 22.7 Å². The zero-order chi connectivity index (χ0) is 19.7. The molecule has 0 unspecified atom stereocenters. The third kappa shape index (κ3) is 4.76. The van der Waals surface area contributed by atoms with Crippen LogP contribution in [0, 0.1) is 0 Å². The number of rotatable bonds is 4. The number of aromatic nitrogens is 1. The van der Waals surface area contributed by atoms with Crippen LogP contribution in [0.25, 0.3) is 0 Å². The predicted octanol–water partition coefficient (Wildman–Crippen LogP) is 2.07. The minimum atomic E-state index is -4.68. The quantitative estimate of drug-likeness (QED) is 0.850. The standard InChI is InChI=1S/C17H19F3N4O2S/c18-17(19,20)15-10-14(27(21,25)26)3-4-16(15)24-8-6-23(7-9-24)12-13-2-1-5-22-11-13/h1-5,10-11H,6-9,12H2,(H2,21,25,26). The number of pyridine rings is 1. The molecule has 0 aliphatic carbocycles. The molecule has 0 amide bonds. The lowest BCUT2D eigenvalue weighted by Crippen LogP contribution is -2.46. The Bertz CT molecular complexity index is 896. The molecule has 0 saturated carbocycles. The summed E-state index contributed by atoms with van der Waals surface area (Å²) in [6.07, 6.45) is -1.23. The highest BCUT2D eigenvalue weighted by Crippen LogP contribution is 2.38. The molecule has 27 heavy (non-hydrogen) atoms. The minimum Gasteiger partial charge on any atom is -0.368 e. The Morgan fingerprint density at radius 2 is 1.81 bits per heavy atom. The van der Waals surface area contributed by atoms with Crippen LogP contribution in [0.15, 0.2) is 47.6 Å². The summed E-state index contributed by atoms with van der Waals surface area (Å²) < 4.78 is 63.2. The lowest BCUT2D eigenvalue weighted by atomic mass is 10.1. The molecule has 2 N–H and O–H groups in total. The van der Waals surface area contributed by atoms with Crippen molar-refractivity contribution >= 4 is 15.7 Å². The molecule has 1 aliphatic heterocycles. The summed E-state index contributed by atoms with van der Waals surface area (Å²) in [4.78, 5) is 7.27. The average Bonchev–Trinajstić information content (AvgIpc) is 2.61. The van der Waals surface area contributed by atoms with Gasteiger partial charge in [0.2, 0.25) is 10.0 Å². The van der Waals surface area contributed by atoms with Gasteiger partial charge in [0, 0.05) is 50.8 Å². The van der Waals surface area contributed by atoms with E-state index in [-0.39, 0.29) is 5.69 Å². The van der Waals surface area contributed by atoms with E-state index in [9.17, 15) is 21.6 Å². The molecule has 0 spiro atoms. The highest BCUT2D eigenvalue weighted by Gasteiger charge is 2.36. The van der Waals surface area contributed by atoms with Crippen LogP contribution in [0.2, 0.25) is 0 Å². The molecule has 3 rings (SSSR count).